The average Bonchev–Trinajstić information content (AvgIpc) is 2.96. The van der Waals surface area contributed by atoms with Gasteiger partial charge in [0.1, 0.15) is 5.82 Å². The van der Waals surface area contributed by atoms with E-state index < -0.39 is 0 Å². The molecule has 1 fully saturated rings. The standard InChI is InChI=1S/C15H16BrN3O2/c16-13-6-5-12(21-13)15(20)18-11-4-7-14(17-10-11)19-8-2-1-3-9-19/h4-7,10H,1-3,8-9H2,(H,18,20). The maximum absolute atomic E-state index is 12.0. The van der Waals surface area contributed by atoms with Crippen LogP contribution in [0.25, 0.3) is 0 Å². The Morgan fingerprint density at radius 2 is 2.00 bits per heavy atom. The number of amides is 1. The lowest BCUT2D eigenvalue weighted by Gasteiger charge is -2.27. The Balaban J connectivity index is 1.65. The van der Waals surface area contributed by atoms with Gasteiger partial charge in [-0.2, -0.15) is 0 Å². The minimum absolute atomic E-state index is 0.266. The van der Waals surface area contributed by atoms with Gasteiger partial charge in [-0.25, -0.2) is 4.98 Å². The van der Waals surface area contributed by atoms with Crippen LogP contribution in [0.3, 0.4) is 0 Å². The zero-order chi connectivity index (χ0) is 14.7. The summed E-state index contributed by atoms with van der Waals surface area (Å²) in [6, 6.07) is 7.12. The highest BCUT2D eigenvalue weighted by Crippen LogP contribution is 2.20. The predicted octanol–water partition coefficient (Wildman–Crippen LogP) is 3.68. The van der Waals surface area contributed by atoms with Gasteiger partial charge < -0.3 is 14.6 Å². The van der Waals surface area contributed by atoms with Crippen molar-refractivity contribution in [2.45, 2.75) is 19.3 Å². The van der Waals surface area contributed by atoms with E-state index >= 15 is 0 Å². The molecule has 0 atom stereocenters. The number of halogens is 1. The molecule has 0 radical (unpaired) electrons. The lowest BCUT2D eigenvalue weighted by Crippen LogP contribution is -2.30. The summed E-state index contributed by atoms with van der Waals surface area (Å²) in [4.78, 5) is 18.7. The van der Waals surface area contributed by atoms with Crippen molar-refractivity contribution in [3.8, 4) is 0 Å². The van der Waals surface area contributed by atoms with Gasteiger partial charge in [0.05, 0.1) is 11.9 Å². The van der Waals surface area contributed by atoms with Crippen molar-refractivity contribution in [3.63, 3.8) is 0 Å². The fraction of sp³-hybridized carbons (Fsp3) is 0.333. The van der Waals surface area contributed by atoms with Crippen molar-refractivity contribution >= 4 is 33.3 Å². The first-order chi connectivity index (χ1) is 10.2. The maximum atomic E-state index is 12.0. The van der Waals surface area contributed by atoms with Gasteiger partial charge in [-0.05, 0) is 59.5 Å². The van der Waals surface area contributed by atoms with E-state index in [1.165, 1.54) is 19.3 Å². The summed E-state index contributed by atoms with van der Waals surface area (Å²) in [6.07, 6.45) is 5.41. The Kier molecular flexibility index (Phi) is 4.24. The first kappa shape index (κ1) is 14.1. The molecule has 6 heteroatoms. The third-order valence-electron chi connectivity index (χ3n) is 3.48. The molecule has 0 aliphatic carbocycles. The predicted molar refractivity (Wildman–Crippen MR) is 84.7 cm³/mol. The molecule has 3 rings (SSSR count). The number of furan rings is 1. The molecule has 0 unspecified atom stereocenters. The molecule has 0 spiro atoms. The highest BCUT2D eigenvalue weighted by atomic mass is 79.9. The molecular formula is C15H16BrN3O2. The van der Waals surface area contributed by atoms with Crippen LogP contribution in [0.15, 0.2) is 39.5 Å². The van der Waals surface area contributed by atoms with Crippen LogP contribution < -0.4 is 10.2 Å². The number of rotatable bonds is 3. The normalized spacial score (nSPS) is 15.0. The number of anilines is 2. The molecule has 1 saturated heterocycles. The zero-order valence-electron chi connectivity index (χ0n) is 11.5. The highest BCUT2D eigenvalue weighted by Gasteiger charge is 2.13. The molecule has 3 heterocycles. The number of nitrogens with zero attached hydrogens (tertiary/aromatic N) is 2. The Bertz CT molecular complexity index is 618. The average molecular weight is 350 g/mol. The molecule has 1 aliphatic rings. The van der Waals surface area contributed by atoms with E-state index in [0.29, 0.717) is 10.4 Å². The van der Waals surface area contributed by atoms with Crippen LogP contribution in [0, 0.1) is 0 Å². The third-order valence-corrected chi connectivity index (χ3v) is 3.91. The minimum Gasteiger partial charge on any atom is -0.444 e. The monoisotopic (exact) mass is 349 g/mol. The van der Waals surface area contributed by atoms with E-state index in [1.807, 2.05) is 12.1 Å². The lowest BCUT2D eigenvalue weighted by molar-refractivity contribution is 0.0995. The number of hydrogen-bond donors (Lipinski definition) is 1. The second-order valence-corrected chi connectivity index (χ2v) is 5.79. The fourth-order valence-corrected chi connectivity index (χ4v) is 2.71. The summed E-state index contributed by atoms with van der Waals surface area (Å²) < 4.78 is 5.75. The first-order valence-electron chi connectivity index (χ1n) is 7.00. The molecule has 1 amide bonds. The summed E-state index contributed by atoms with van der Waals surface area (Å²) in [5, 5.41) is 2.77. The summed E-state index contributed by atoms with van der Waals surface area (Å²) in [5.41, 5.74) is 0.660. The van der Waals surface area contributed by atoms with Crippen LogP contribution in [0.5, 0.6) is 0 Å². The summed E-state index contributed by atoms with van der Waals surface area (Å²) >= 11 is 3.17. The summed E-state index contributed by atoms with van der Waals surface area (Å²) in [5.74, 6) is 0.948. The van der Waals surface area contributed by atoms with Crippen LogP contribution in [-0.2, 0) is 0 Å². The largest absolute Gasteiger partial charge is 0.444 e. The molecule has 0 saturated carbocycles. The van der Waals surface area contributed by atoms with E-state index in [2.05, 4.69) is 31.1 Å². The van der Waals surface area contributed by atoms with Crippen molar-refractivity contribution in [3.05, 3.63) is 40.9 Å². The van der Waals surface area contributed by atoms with Crippen LogP contribution in [-0.4, -0.2) is 24.0 Å². The Labute approximate surface area is 131 Å². The summed E-state index contributed by atoms with van der Waals surface area (Å²) in [7, 11) is 0. The number of piperidine rings is 1. The van der Waals surface area contributed by atoms with Gasteiger partial charge >= 0.3 is 0 Å². The number of hydrogen-bond acceptors (Lipinski definition) is 4. The van der Waals surface area contributed by atoms with Crippen LogP contribution in [0.4, 0.5) is 11.5 Å². The van der Waals surface area contributed by atoms with Gasteiger partial charge in [-0.15, -0.1) is 0 Å². The van der Waals surface area contributed by atoms with Crippen LogP contribution in [0.1, 0.15) is 29.8 Å². The molecule has 110 valence electrons. The summed E-state index contributed by atoms with van der Waals surface area (Å²) in [6.45, 7) is 2.11. The Morgan fingerprint density at radius 1 is 1.19 bits per heavy atom. The number of pyridine rings is 1. The van der Waals surface area contributed by atoms with Gasteiger partial charge in [0, 0.05) is 13.1 Å². The van der Waals surface area contributed by atoms with Gasteiger partial charge in [-0.1, -0.05) is 0 Å². The second kappa shape index (κ2) is 6.30. The van der Waals surface area contributed by atoms with E-state index in [-0.39, 0.29) is 11.7 Å². The van der Waals surface area contributed by atoms with E-state index in [0.717, 1.165) is 18.9 Å². The number of carbonyl (C=O) groups is 1. The molecule has 2 aromatic heterocycles. The second-order valence-electron chi connectivity index (χ2n) is 5.01. The Morgan fingerprint density at radius 3 is 2.62 bits per heavy atom. The highest BCUT2D eigenvalue weighted by molar-refractivity contribution is 9.10. The first-order valence-corrected chi connectivity index (χ1v) is 7.79. The number of carbonyl (C=O) groups excluding carboxylic acids is 1. The molecule has 0 bridgehead atoms. The number of aromatic nitrogens is 1. The quantitative estimate of drug-likeness (QED) is 0.918. The molecular weight excluding hydrogens is 334 g/mol. The molecule has 1 aliphatic heterocycles. The zero-order valence-corrected chi connectivity index (χ0v) is 13.1. The topological polar surface area (TPSA) is 58.4 Å². The van der Waals surface area contributed by atoms with Crippen molar-refractivity contribution < 1.29 is 9.21 Å². The van der Waals surface area contributed by atoms with Gasteiger partial charge in [0.2, 0.25) is 0 Å². The molecule has 21 heavy (non-hydrogen) atoms. The fourth-order valence-electron chi connectivity index (χ4n) is 2.40. The van der Waals surface area contributed by atoms with Crippen LogP contribution >= 0.6 is 15.9 Å². The van der Waals surface area contributed by atoms with Gasteiger partial charge in [0.25, 0.3) is 5.91 Å². The van der Waals surface area contributed by atoms with E-state index in [1.54, 1.807) is 18.3 Å². The third kappa shape index (κ3) is 3.44. The molecule has 0 aromatic carbocycles. The Hall–Kier alpha value is -1.82. The smallest absolute Gasteiger partial charge is 0.291 e. The van der Waals surface area contributed by atoms with E-state index in [4.69, 9.17) is 4.42 Å². The number of nitrogens with one attached hydrogen (secondary N) is 1. The molecule has 5 nitrogen and oxygen atoms in total. The molecule has 1 N–H and O–H groups in total. The van der Waals surface area contributed by atoms with Crippen molar-refractivity contribution in [1.82, 2.24) is 4.98 Å². The van der Waals surface area contributed by atoms with Crippen molar-refractivity contribution in [2.75, 3.05) is 23.3 Å². The molecule has 2 aromatic rings. The van der Waals surface area contributed by atoms with Gasteiger partial charge in [0.15, 0.2) is 10.4 Å². The maximum Gasteiger partial charge on any atom is 0.291 e. The van der Waals surface area contributed by atoms with Gasteiger partial charge in [-0.3, -0.25) is 4.79 Å². The van der Waals surface area contributed by atoms with Crippen LogP contribution in [0.2, 0.25) is 0 Å². The lowest BCUT2D eigenvalue weighted by atomic mass is 10.1. The van der Waals surface area contributed by atoms with E-state index in [9.17, 15) is 4.79 Å². The minimum atomic E-state index is -0.284. The van der Waals surface area contributed by atoms with Crippen molar-refractivity contribution in [2.24, 2.45) is 0 Å². The van der Waals surface area contributed by atoms with Crippen molar-refractivity contribution in [1.29, 1.82) is 0 Å². The SMILES string of the molecule is O=C(Nc1ccc(N2CCCCC2)nc1)c1ccc(Br)o1.